The van der Waals surface area contributed by atoms with Crippen LogP contribution in [-0.4, -0.2) is 62.3 Å². The van der Waals surface area contributed by atoms with E-state index in [0.29, 0.717) is 26.0 Å². The number of unbranched alkanes of at least 4 members (excludes halogenated alkanes) is 9. The largest absolute Gasteiger partial charge is 0.494 e. The smallest absolute Gasteiger partial charge is 0.330 e. The van der Waals surface area contributed by atoms with E-state index in [4.69, 9.17) is 18.5 Å². The van der Waals surface area contributed by atoms with E-state index in [0.717, 1.165) is 24.3 Å². The van der Waals surface area contributed by atoms with E-state index >= 15 is 0 Å². The molecule has 0 aliphatic carbocycles. The minimum Gasteiger partial charge on any atom is -0.494 e. The zero-order valence-electron chi connectivity index (χ0n) is 23.1. The first kappa shape index (κ1) is 32.8. The molecule has 0 fully saturated rings. The number of hydrogen-bond donors (Lipinski definition) is 1. The van der Waals surface area contributed by atoms with Crippen molar-refractivity contribution in [2.24, 2.45) is 0 Å². The minimum absolute atomic E-state index is 0.0959. The molecule has 0 saturated carbocycles. The molecule has 0 aliphatic heterocycles. The van der Waals surface area contributed by atoms with Gasteiger partial charge in [-0.15, -0.1) is 0 Å². The van der Waals surface area contributed by atoms with Crippen LogP contribution in [0.1, 0.15) is 90.0 Å². The van der Waals surface area contributed by atoms with Crippen molar-refractivity contribution in [3.8, 4) is 5.75 Å². The number of carbonyl (C=O) groups is 1. The lowest BCUT2D eigenvalue weighted by Gasteiger charge is -2.19. The van der Waals surface area contributed by atoms with Gasteiger partial charge in [-0.2, -0.15) is 0 Å². The number of benzene rings is 1. The quantitative estimate of drug-likeness (QED) is 0.0968. The summed E-state index contributed by atoms with van der Waals surface area (Å²) in [6, 6.07) is 8.07. The number of rotatable bonds is 23. The van der Waals surface area contributed by atoms with E-state index in [9.17, 15) is 9.69 Å². The summed E-state index contributed by atoms with van der Waals surface area (Å²) in [4.78, 5) is 23.4. The Morgan fingerprint density at radius 2 is 1.64 bits per heavy atom. The second-order valence-electron chi connectivity index (χ2n) is 9.62. The average Bonchev–Trinajstić information content (AvgIpc) is 2.84. The summed E-state index contributed by atoms with van der Waals surface area (Å²) < 4.78 is 22.0. The highest BCUT2D eigenvalue weighted by Crippen LogP contribution is 2.33. The third-order valence-electron chi connectivity index (χ3n) is 5.86. The zero-order valence-corrected chi connectivity index (χ0v) is 24.0. The molecule has 0 radical (unpaired) electrons. The molecule has 8 heteroatoms. The van der Waals surface area contributed by atoms with Gasteiger partial charge in [0.2, 0.25) is 0 Å². The van der Waals surface area contributed by atoms with Gasteiger partial charge in [0.25, 0.3) is 0 Å². The maximum Gasteiger partial charge on any atom is 0.330 e. The van der Waals surface area contributed by atoms with Crippen molar-refractivity contribution < 1.29 is 28.2 Å². The van der Waals surface area contributed by atoms with Crippen molar-refractivity contribution in [1.82, 2.24) is 4.90 Å². The third-order valence-corrected chi connectivity index (χ3v) is 6.64. The molecule has 208 valence electrons. The van der Waals surface area contributed by atoms with Gasteiger partial charge in [0.15, 0.2) is 0 Å². The highest BCUT2D eigenvalue weighted by atomic mass is 31.2. The van der Waals surface area contributed by atoms with Crippen LogP contribution in [0.25, 0.3) is 0 Å². The molecule has 0 amide bonds. The Hall–Kier alpha value is -1.24. The standard InChI is InChI=1S/C28H50NO6P/c1-5-6-7-8-9-10-11-12-13-14-21-32-27-17-15-16-26(23-27)18-19-28(35-25(2)30)24-34-36(31)33-22-20-29(3)4/h15-17,23,28,31H,5-14,18-22,24H2,1-4H3. The van der Waals surface area contributed by atoms with Gasteiger partial charge < -0.3 is 28.3 Å². The maximum atomic E-state index is 11.5. The van der Waals surface area contributed by atoms with Crippen LogP contribution in [0, 0.1) is 0 Å². The van der Waals surface area contributed by atoms with Crippen LogP contribution in [0.4, 0.5) is 0 Å². The molecular weight excluding hydrogens is 477 g/mol. The summed E-state index contributed by atoms with van der Waals surface area (Å²) in [5.41, 5.74) is 1.11. The SMILES string of the molecule is CCCCCCCCCCCCOc1cccc(CCC(COP(O)OCCN(C)C)OC(C)=O)c1. The lowest BCUT2D eigenvalue weighted by molar-refractivity contribution is -0.148. The number of nitrogens with zero attached hydrogens (tertiary/aromatic N) is 1. The summed E-state index contributed by atoms with van der Waals surface area (Å²) in [5, 5.41) is 0. The fraction of sp³-hybridized carbons (Fsp3) is 0.750. The topological polar surface area (TPSA) is 77.5 Å². The lowest BCUT2D eigenvalue weighted by atomic mass is 10.1. The average molecular weight is 528 g/mol. The fourth-order valence-corrected chi connectivity index (χ4v) is 4.40. The number of ether oxygens (including phenoxy) is 2. The van der Waals surface area contributed by atoms with Crippen LogP contribution in [0.2, 0.25) is 0 Å². The second kappa shape index (κ2) is 21.8. The summed E-state index contributed by atoms with van der Waals surface area (Å²) in [5.74, 6) is 0.504. The summed E-state index contributed by atoms with van der Waals surface area (Å²) in [7, 11) is 1.86. The minimum atomic E-state index is -1.99. The van der Waals surface area contributed by atoms with Crippen molar-refractivity contribution in [2.75, 3.05) is 40.5 Å². The van der Waals surface area contributed by atoms with Gasteiger partial charge >= 0.3 is 14.6 Å². The predicted molar refractivity (Wildman–Crippen MR) is 147 cm³/mol. The number of aryl methyl sites for hydroxylation is 1. The van der Waals surface area contributed by atoms with Gasteiger partial charge in [0, 0.05) is 13.5 Å². The van der Waals surface area contributed by atoms with E-state index in [1.165, 1.54) is 64.7 Å². The van der Waals surface area contributed by atoms with Crippen LogP contribution in [0.5, 0.6) is 5.75 Å². The van der Waals surface area contributed by atoms with Gasteiger partial charge in [-0.1, -0.05) is 76.8 Å². The molecule has 1 aromatic rings. The molecule has 1 rings (SSSR count). The normalized spacial score (nSPS) is 13.1. The lowest BCUT2D eigenvalue weighted by Crippen LogP contribution is -2.23. The number of hydrogen-bond acceptors (Lipinski definition) is 7. The Morgan fingerprint density at radius 3 is 2.28 bits per heavy atom. The zero-order chi connectivity index (χ0) is 26.4. The molecule has 0 spiro atoms. The van der Waals surface area contributed by atoms with Gasteiger partial charge in [0.05, 0.1) is 19.8 Å². The van der Waals surface area contributed by atoms with E-state index in [1.807, 2.05) is 43.3 Å². The van der Waals surface area contributed by atoms with Crippen molar-refractivity contribution >= 4 is 14.6 Å². The molecule has 36 heavy (non-hydrogen) atoms. The Morgan fingerprint density at radius 1 is 0.972 bits per heavy atom. The highest BCUT2D eigenvalue weighted by Gasteiger charge is 2.17. The first-order valence-electron chi connectivity index (χ1n) is 13.7. The number of likely N-dealkylation sites (N-methyl/N-ethyl adjacent to an activating group) is 1. The first-order valence-corrected chi connectivity index (χ1v) is 14.8. The molecule has 0 saturated heterocycles. The van der Waals surface area contributed by atoms with Crippen LogP contribution in [0.3, 0.4) is 0 Å². The fourth-order valence-electron chi connectivity index (χ4n) is 3.79. The molecule has 0 aromatic heterocycles. The molecule has 7 nitrogen and oxygen atoms in total. The number of carbonyl (C=O) groups excluding carboxylic acids is 1. The van der Waals surface area contributed by atoms with Gasteiger partial charge in [-0.05, 0) is 51.1 Å². The van der Waals surface area contributed by atoms with Crippen molar-refractivity contribution in [3.63, 3.8) is 0 Å². The Labute approximate surface area is 220 Å². The van der Waals surface area contributed by atoms with Gasteiger partial charge in [-0.25, -0.2) is 0 Å². The second-order valence-corrected chi connectivity index (χ2v) is 10.6. The Balaban J connectivity index is 2.28. The summed E-state index contributed by atoms with van der Waals surface area (Å²) in [6.07, 6.45) is 13.9. The Kier molecular flexibility index (Phi) is 19.9. The van der Waals surface area contributed by atoms with Gasteiger partial charge in [-0.3, -0.25) is 4.79 Å². The van der Waals surface area contributed by atoms with Crippen LogP contribution in [0.15, 0.2) is 24.3 Å². The molecule has 0 aliphatic rings. The summed E-state index contributed by atoms with van der Waals surface area (Å²) in [6.45, 7) is 5.53. The Bertz CT molecular complexity index is 675. The van der Waals surface area contributed by atoms with E-state index in [2.05, 4.69) is 6.92 Å². The van der Waals surface area contributed by atoms with Crippen LogP contribution < -0.4 is 4.74 Å². The molecular formula is C28H50NO6P. The van der Waals surface area contributed by atoms with Crippen molar-refractivity contribution in [2.45, 2.75) is 97.0 Å². The van der Waals surface area contributed by atoms with E-state index in [-0.39, 0.29) is 12.6 Å². The predicted octanol–water partition coefficient (Wildman–Crippen LogP) is 6.66. The highest BCUT2D eigenvalue weighted by molar-refractivity contribution is 7.40. The molecule has 0 bridgehead atoms. The maximum absolute atomic E-state index is 11.5. The van der Waals surface area contributed by atoms with Crippen molar-refractivity contribution in [3.05, 3.63) is 29.8 Å². The summed E-state index contributed by atoms with van der Waals surface area (Å²) >= 11 is 0. The molecule has 1 N–H and O–H groups in total. The van der Waals surface area contributed by atoms with Crippen LogP contribution in [-0.2, 0) is 25.0 Å². The molecule has 0 heterocycles. The van der Waals surface area contributed by atoms with Gasteiger partial charge in [0.1, 0.15) is 11.9 Å². The van der Waals surface area contributed by atoms with E-state index in [1.54, 1.807) is 0 Å². The van der Waals surface area contributed by atoms with Crippen molar-refractivity contribution in [1.29, 1.82) is 0 Å². The monoisotopic (exact) mass is 527 g/mol. The molecule has 1 aromatic carbocycles. The first-order chi connectivity index (χ1) is 17.4. The molecule has 2 unspecified atom stereocenters. The van der Waals surface area contributed by atoms with E-state index < -0.39 is 14.7 Å². The number of esters is 1. The third kappa shape index (κ3) is 18.9. The van der Waals surface area contributed by atoms with Crippen LogP contribution >= 0.6 is 8.60 Å². The molecule has 2 atom stereocenters.